The van der Waals surface area contributed by atoms with Crippen molar-refractivity contribution >= 4 is 34.1 Å². The first-order valence-electron chi connectivity index (χ1n) is 5.02. The van der Waals surface area contributed by atoms with Crippen LogP contribution in [-0.2, 0) is 5.75 Å². The Hall–Kier alpha value is -1.26. The standard InChI is InChI=1S/C12H10N2S2/c1-2-6-11-10(5-1)13-12(14-11)16-8-9-4-3-7-15-9/h1-7H,8H2,(H,13,14). The summed E-state index contributed by atoms with van der Waals surface area (Å²) in [5.74, 6) is 0.984. The molecule has 3 aromatic rings. The first kappa shape index (κ1) is 9.93. The zero-order valence-electron chi connectivity index (χ0n) is 8.51. The molecular weight excluding hydrogens is 236 g/mol. The van der Waals surface area contributed by atoms with Crippen molar-refractivity contribution in [2.45, 2.75) is 10.9 Å². The third-order valence-electron chi connectivity index (χ3n) is 2.30. The fourth-order valence-electron chi connectivity index (χ4n) is 1.53. The van der Waals surface area contributed by atoms with Gasteiger partial charge in [-0.05, 0) is 23.6 Å². The molecular formula is C12H10N2S2. The van der Waals surface area contributed by atoms with Crippen molar-refractivity contribution in [1.82, 2.24) is 9.97 Å². The number of para-hydroxylation sites is 2. The summed E-state index contributed by atoms with van der Waals surface area (Å²) in [6.45, 7) is 0. The summed E-state index contributed by atoms with van der Waals surface area (Å²) < 4.78 is 0. The van der Waals surface area contributed by atoms with E-state index in [1.54, 1.807) is 23.1 Å². The van der Waals surface area contributed by atoms with Crippen LogP contribution in [0.5, 0.6) is 0 Å². The van der Waals surface area contributed by atoms with Crippen LogP contribution in [0, 0.1) is 0 Å². The predicted molar refractivity (Wildman–Crippen MR) is 70.0 cm³/mol. The van der Waals surface area contributed by atoms with Gasteiger partial charge < -0.3 is 4.98 Å². The summed E-state index contributed by atoms with van der Waals surface area (Å²) in [4.78, 5) is 9.22. The fourth-order valence-corrected chi connectivity index (χ4v) is 3.19. The molecule has 0 atom stereocenters. The van der Waals surface area contributed by atoms with Gasteiger partial charge in [-0.1, -0.05) is 30.0 Å². The molecule has 2 aromatic heterocycles. The molecule has 0 aliphatic heterocycles. The number of nitrogens with zero attached hydrogens (tertiary/aromatic N) is 1. The van der Waals surface area contributed by atoms with Gasteiger partial charge in [0.15, 0.2) is 5.16 Å². The maximum atomic E-state index is 4.52. The highest BCUT2D eigenvalue weighted by Crippen LogP contribution is 2.24. The van der Waals surface area contributed by atoms with Crippen molar-refractivity contribution in [3.8, 4) is 0 Å². The number of nitrogens with one attached hydrogen (secondary N) is 1. The van der Waals surface area contributed by atoms with E-state index >= 15 is 0 Å². The Morgan fingerprint density at radius 3 is 2.94 bits per heavy atom. The van der Waals surface area contributed by atoms with E-state index in [2.05, 4.69) is 33.5 Å². The fraction of sp³-hybridized carbons (Fsp3) is 0.0833. The van der Waals surface area contributed by atoms with Crippen LogP contribution in [0.25, 0.3) is 11.0 Å². The molecule has 0 saturated heterocycles. The van der Waals surface area contributed by atoms with E-state index in [0.717, 1.165) is 21.9 Å². The molecule has 4 heteroatoms. The summed E-state index contributed by atoms with van der Waals surface area (Å²) in [7, 11) is 0. The normalized spacial score (nSPS) is 11.0. The maximum absolute atomic E-state index is 4.52. The number of aromatic amines is 1. The summed E-state index contributed by atoms with van der Waals surface area (Å²) in [6.07, 6.45) is 0. The van der Waals surface area contributed by atoms with Gasteiger partial charge in [0.05, 0.1) is 11.0 Å². The lowest BCUT2D eigenvalue weighted by Crippen LogP contribution is -1.76. The van der Waals surface area contributed by atoms with Gasteiger partial charge in [-0.2, -0.15) is 0 Å². The third-order valence-corrected chi connectivity index (χ3v) is 4.28. The lowest BCUT2D eigenvalue weighted by atomic mass is 10.3. The zero-order chi connectivity index (χ0) is 10.8. The minimum Gasteiger partial charge on any atom is -0.333 e. The van der Waals surface area contributed by atoms with Crippen LogP contribution in [0.1, 0.15) is 4.88 Å². The van der Waals surface area contributed by atoms with Crippen LogP contribution >= 0.6 is 23.1 Å². The minimum atomic E-state index is 0.984. The molecule has 2 heterocycles. The Balaban J connectivity index is 1.79. The summed E-state index contributed by atoms with van der Waals surface area (Å²) >= 11 is 3.53. The summed E-state index contributed by atoms with van der Waals surface area (Å²) in [6, 6.07) is 12.4. The average molecular weight is 246 g/mol. The monoisotopic (exact) mass is 246 g/mol. The van der Waals surface area contributed by atoms with Crippen molar-refractivity contribution in [3.63, 3.8) is 0 Å². The van der Waals surface area contributed by atoms with Crippen LogP contribution in [0.15, 0.2) is 46.9 Å². The van der Waals surface area contributed by atoms with Crippen molar-refractivity contribution in [3.05, 3.63) is 46.7 Å². The Morgan fingerprint density at radius 1 is 1.19 bits per heavy atom. The average Bonchev–Trinajstić information content (AvgIpc) is 2.95. The molecule has 0 amide bonds. The second-order valence-corrected chi connectivity index (χ2v) is 5.42. The Bertz CT molecular complexity index is 551. The number of fused-ring (bicyclic) bond motifs is 1. The summed E-state index contributed by atoms with van der Waals surface area (Å²) in [5.41, 5.74) is 2.15. The number of hydrogen-bond acceptors (Lipinski definition) is 3. The number of thioether (sulfide) groups is 1. The topological polar surface area (TPSA) is 28.7 Å². The Labute approximate surface area is 102 Å². The molecule has 0 saturated carbocycles. The number of benzene rings is 1. The number of hydrogen-bond donors (Lipinski definition) is 1. The molecule has 0 spiro atoms. The smallest absolute Gasteiger partial charge is 0.166 e. The molecule has 16 heavy (non-hydrogen) atoms. The van der Waals surface area contributed by atoms with E-state index in [9.17, 15) is 0 Å². The first-order valence-corrected chi connectivity index (χ1v) is 6.88. The lowest BCUT2D eigenvalue weighted by Gasteiger charge is -1.93. The molecule has 1 aromatic carbocycles. The quantitative estimate of drug-likeness (QED) is 0.710. The number of aromatic nitrogens is 2. The third kappa shape index (κ3) is 1.99. The van der Waals surface area contributed by atoms with Gasteiger partial charge in [-0.15, -0.1) is 11.3 Å². The van der Waals surface area contributed by atoms with E-state index in [1.165, 1.54) is 4.88 Å². The number of thiophene rings is 1. The first-order chi connectivity index (χ1) is 7.92. The Morgan fingerprint density at radius 2 is 2.12 bits per heavy atom. The molecule has 3 rings (SSSR count). The molecule has 0 fully saturated rings. The maximum Gasteiger partial charge on any atom is 0.166 e. The van der Waals surface area contributed by atoms with E-state index in [1.807, 2.05) is 18.2 Å². The molecule has 80 valence electrons. The van der Waals surface area contributed by atoms with Crippen LogP contribution in [0.4, 0.5) is 0 Å². The molecule has 1 N–H and O–H groups in total. The lowest BCUT2D eigenvalue weighted by molar-refractivity contribution is 1.08. The van der Waals surface area contributed by atoms with Crippen LogP contribution < -0.4 is 0 Å². The zero-order valence-corrected chi connectivity index (χ0v) is 10.1. The van der Waals surface area contributed by atoms with Gasteiger partial charge in [-0.25, -0.2) is 4.98 Å². The summed E-state index contributed by atoms with van der Waals surface area (Å²) in [5, 5.41) is 3.10. The molecule has 0 aliphatic rings. The number of imidazole rings is 1. The Kier molecular flexibility index (Phi) is 2.68. The highest BCUT2D eigenvalue weighted by molar-refractivity contribution is 7.98. The number of H-pyrrole nitrogens is 1. The highest BCUT2D eigenvalue weighted by atomic mass is 32.2. The molecule has 0 aliphatic carbocycles. The van der Waals surface area contributed by atoms with E-state index in [-0.39, 0.29) is 0 Å². The second-order valence-electron chi connectivity index (χ2n) is 3.43. The molecule has 0 bridgehead atoms. The predicted octanol–water partition coefficient (Wildman–Crippen LogP) is 3.92. The molecule has 2 nitrogen and oxygen atoms in total. The van der Waals surface area contributed by atoms with Gasteiger partial charge in [0, 0.05) is 10.6 Å². The van der Waals surface area contributed by atoms with E-state index in [0.29, 0.717) is 0 Å². The largest absolute Gasteiger partial charge is 0.333 e. The van der Waals surface area contributed by atoms with Crippen molar-refractivity contribution in [1.29, 1.82) is 0 Å². The van der Waals surface area contributed by atoms with Crippen molar-refractivity contribution in [2.75, 3.05) is 0 Å². The van der Waals surface area contributed by atoms with Crippen molar-refractivity contribution < 1.29 is 0 Å². The van der Waals surface area contributed by atoms with E-state index in [4.69, 9.17) is 0 Å². The minimum absolute atomic E-state index is 0.984. The van der Waals surface area contributed by atoms with Gasteiger partial charge in [0.2, 0.25) is 0 Å². The van der Waals surface area contributed by atoms with Crippen molar-refractivity contribution in [2.24, 2.45) is 0 Å². The van der Waals surface area contributed by atoms with Crippen LogP contribution in [-0.4, -0.2) is 9.97 Å². The molecule has 0 unspecified atom stereocenters. The van der Waals surface area contributed by atoms with Crippen LogP contribution in [0.3, 0.4) is 0 Å². The SMILES string of the molecule is c1csc(CSc2nc3ccccc3[nH]2)c1. The van der Waals surface area contributed by atoms with Gasteiger partial charge >= 0.3 is 0 Å². The van der Waals surface area contributed by atoms with Gasteiger partial charge in [0.25, 0.3) is 0 Å². The second kappa shape index (κ2) is 4.31. The van der Waals surface area contributed by atoms with E-state index < -0.39 is 0 Å². The number of rotatable bonds is 3. The van der Waals surface area contributed by atoms with Gasteiger partial charge in [0.1, 0.15) is 0 Å². The van der Waals surface area contributed by atoms with Gasteiger partial charge in [-0.3, -0.25) is 0 Å². The highest BCUT2D eigenvalue weighted by Gasteiger charge is 2.03. The molecule has 0 radical (unpaired) electrons. The van der Waals surface area contributed by atoms with Crippen LogP contribution in [0.2, 0.25) is 0 Å².